The molecule has 0 spiro atoms. The van der Waals surface area contributed by atoms with Crippen LogP contribution in [-0.2, 0) is 16.4 Å². The van der Waals surface area contributed by atoms with E-state index in [4.69, 9.17) is 5.73 Å². The van der Waals surface area contributed by atoms with Crippen LogP contribution in [0.15, 0.2) is 64.5 Å². The molecule has 0 fully saturated rings. The first kappa shape index (κ1) is 21.5. The largest absolute Gasteiger partial charge is 0.573 e. The molecule has 6 nitrogen and oxygen atoms in total. The van der Waals surface area contributed by atoms with Gasteiger partial charge in [0, 0.05) is 6.54 Å². The van der Waals surface area contributed by atoms with Crippen LogP contribution in [-0.4, -0.2) is 33.0 Å². The van der Waals surface area contributed by atoms with Crippen LogP contribution in [0.3, 0.4) is 0 Å². The molecule has 0 aliphatic rings. The Morgan fingerprint density at radius 3 is 2.32 bits per heavy atom. The predicted molar refractivity (Wildman–Crippen MR) is 99.6 cm³/mol. The van der Waals surface area contributed by atoms with Crippen molar-refractivity contribution in [2.24, 2.45) is 10.7 Å². The number of aliphatic imine (C=N–C) groups is 1. The molecule has 152 valence electrons. The standard InChI is InChI=1S/C18H20F3N3O3S/c19-18(20,21)27-15-9-7-14(8-10-15)13-24-17(22)23-11-4-12-28(25,26)16-5-2-1-3-6-16/h1-3,5-10H,4,11-13H2,(H3,22,23,24). The van der Waals surface area contributed by atoms with Gasteiger partial charge in [-0.2, -0.15) is 0 Å². The Bertz CT molecular complexity index is 884. The Labute approximate surface area is 161 Å². The monoisotopic (exact) mass is 415 g/mol. The lowest BCUT2D eigenvalue weighted by molar-refractivity contribution is -0.274. The number of guanidine groups is 1. The minimum atomic E-state index is -4.73. The number of halogens is 3. The van der Waals surface area contributed by atoms with Gasteiger partial charge in [-0.25, -0.2) is 13.4 Å². The summed E-state index contributed by atoms with van der Waals surface area (Å²) in [6.45, 7) is 0.479. The van der Waals surface area contributed by atoms with Gasteiger partial charge in [0.1, 0.15) is 5.75 Å². The molecule has 0 aliphatic carbocycles. The number of hydrogen-bond acceptors (Lipinski definition) is 4. The van der Waals surface area contributed by atoms with Gasteiger partial charge in [-0.15, -0.1) is 13.2 Å². The molecule has 0 atom stereocenters. The van der Waals surface area contributed by atoms with Crippen LogP contribution in [0.2, 0.25) is 0 Å². The number of nitrogens with zero attached hydrogens (tertiary/aromatic N) is 1. The number of nitrogens with one attached hydrogen (secondary N) is 1. The van der Waals surface area contributed by atoms with Gasteiger partial charge in [0.05, 0.1) is 17.2 Å². The molecule has 28 heavy (non-hydrogen) atoms. The molecule has 0 saturated heterocycles. The van der Waals surface area contributed by atoms with Gasteiger partial charge in [-0.1, -0.05) is 30.3 Å². The number of hydrogen-bond donors (Lipinski definition) is 2. The molecule has 0 aliphatic heterocycles. The number of rotatable bonds is 8. The summed E-state index contributed by atoms with van der Waals surface area (Å²) in [7, 11) is -3.34. The molecule has 2 rings (SSSR count). The van der Waals surface area contributed by atoms with Crippen molar-refractivity contribution in [3.05, 3.63) is 60.2 Å². The fourth-order valence-electron chi connectivity index (χ4n) is 2.25. The lowest BCUT2D eigenvalue weighted by Gasteiger charge is -2.09. The number of alkyl halides is 3. The van der Waals surface area contributed by atoms with E-state index < -0.39 is 16.2 Å². The quantitative estimate of drug-likeness (QED) is 0.393. The van der Waals surface area contributed by atoms with E-state index in [-0.39, 0.29) is 28.9 Å². The molecule has 0 radical (unpaired) electrons. The summed E-state index contributed by atoms with van der Waals surface area (Å²) in [4.78, 5) is 4.33. The van der Waals surface area contributed by atoms with E-state index in [9.17, 15) is 21.6 Å². The zero-order valence-corrected chi connectivity index (χ0v) is 15.6. The minimum absolute atomic E-state index is 0.0298. The molecule has 0 bridgehead atoms. The molecular weight excluding hydrogens is 395 g/mol. The molecule has 0 amide bonds. The fourth-order valence-corrected chi connectivity index (χ4v) is 3.59. The maximum atomic E-state index is 12.1. The van der Waals surface area contributed by atoms with Crippen molar-refractivity contribution < 1.29 is 26.3 Å². The van der Waals surface area contributed by atoms with E-state index in [1.807, 2.05) is 0 Å². The van der Waals surface area contributed by atoms with Crippen LogP contribution in [0.25, 0.3) is 0 Å². The molecule has 0 aromatic heterocycles. The maximum absolute atomic E-state index is 12.1. The van der Waals surface area contributed by atoms with E-state index in [2.05, 4.69) is 15.0 Å². The predicted octanol–water partition coefficient (Wildman–Crippen LogP) is 2.85. The van der Waals surface area contributed by atoms with Gasteiger partial charge in [0.2, 0.25) is 0 Å². The first-order valence-electron chi connectivity index (χ1n) is 8.32. The summed E-state index contributed by atoms with van der Waals surface area (Å²) in [6, 6.07) is 13.4. The lowest BCUT2D eigenvalue weighted by Crippen LogP contribution is -2.33. The molecule has 2 aromatic carbocycles. The highest BCUT2D eigenvalue weighted by Crippen LogP contribution is 2.22. The van der Waals surface area contributed by atoms with Crippen LogP contribution < -0.4 is 15.8 Å². The number of sulfone groups is 1. The third kappa shape index (κ3) is 7.47. The fraction of sp³-hybridized carbons (Fsp3) is 0.278. The van der Waals surface area contributed by atoms with Crippen molar-refractivity contribution in [3.63, 3.8) is 0 Å². The summed E-state index contributed by atoms with van der Waals surface area (Å²) >= 11 is 0. The maximum Gasteiger partial charge on any atom is 0.573 e. The second-order valence-corrected chi connectivity index (χ2v) is 7.91. The highest BCUT2D eigenvalue weighted by molar-refractivity contribution is 7.91. The molecule has 0 heterocycles. The van der Waals surface area contributed by atoms with Gasteiger partial charge in [0.25, 0.3) is 0 Å². The summed E-state index contributed by atoms with van der Waals surface area (Å²) in [5.41, 5.74) is 6.36. The summed E-state index contributed by atoms with van der Waals surface area (Å²) < 4.78 is 64.4. The zero-order chi connectivity index (χ0) is 20.6. The van der Waals surface area contributed by atoms with Crippen LogP contribution in [0, 0.1) is 0 Å². The third-order valence-electron chi connectivity index (χ3n) is 3.59. The van der Waals surface area contributed by atoms with Crippen molar-refractivity contribution in [3.8, 4) is 5.75 Å². The van der Waals surface area contributed by atoms with Crippen molar-refractivity contribution in [1.82, 2.24) is 5.32 Å². The second-order valence-electron chi connectivity index (χ2n) is 5.81. The Hall–Kier alpha value is -2.75. The second kappa shape index (κ2) is 9.45. The molecule has 2 aromatic rings. The normalized spacial score (nSPS) is 12.6. The number of nitrogens with two attached hydrogens (primary N) is 1. The molecule has 10 heteroatoms. The highest BCUT2D eigenvalue weighted by Gasteiger charge is 2.30. The van der Waals surface area contributed by atoms with E-state index in [1.54, 1.807) is 30.3 Å². The Balaban J connectivity index is 1.76. The number of benzene rings is 2. The van der Waals surface area contributed by atoms with E-state index in [0.717, 1.165) is 0 Å². The zero-order valence-electron chi connectivity index (χ0n) is 14.8. The highest BCUT2D eigenvalue weighted by atomic mass is 32.2. The van der Waals surface area contributed by atoms with Crippen LogP contribution in [0.5, 0.6) is 5.75 Å². The van der Waals surface area contributed by atoms with Gasteiger partial charge in [-0.3, -0.25) is 0 Å². The first-order valence-corrected chi connectivity index (χ1v) is 9.97. The van der Waals surface area contributed by atoms with Crippen LogP contribution in [0.4, 0.5) is 13.2 Å². The average Bonchev–Trinajstić information content (AvgIpc) is 2.64. The topological polar surface area (TPSA) is 93.8 Å². The average molecular weight is 415 g/mol. The smallest absolute Gasteiger partial charge is 0.406 e. The van der Waals surface area contributed by atoms with Gasteiger partial charge < -0.3 is 15.8 Å². The van der Waals surface area contributed by atoms with Gasteiger partial charge >= 0.3 is 6.36 Å². The minimum Gasteiger partial charge on any atom is -0.406 e. The van der Waals surface area contributed by atoms with Gasteiger partial charge in [-0.05, 0) is 36.2 Å². The van der Waals surface area contributed by atoms with E-state index >= 15 is 0 Å². The van der Waals surface area contributed by atoms with Crippen molar-refractivity contribution in [2.75, 3.05) is 12.3 Å². The summed E-state index contributed by atoms with van der Waals surface area (Å²) in [5, 5.41) is 2.81. The summed E-state index contributed by atoms with van der Waals surface area (Å²) in [5.74, 6) is -0.225. The van der Waals surface area contributed by atoms with Crippen LogP contribution in [0.1, 0.15) is 12.0 Å². The third-order valence-corrected chi connectivity index (χ3v) is 5.40. The Morgan fingerprint density at radius 1 is 1.07 bits per heavy atom. The molecule has 3 N–H and O–H groups in total. The van der Waals surface area contributed by atoms with E-state index in [1.165, 1.54) is 24.3 Å². The molecule has 0 saturated carbocycles. The van der Waals surface area contributed by atoms with Gasteiger partial charge in [0.15, 0.2) is 15.8 Å². The van der Waals surface area contributed by atoms with Crippen molar-refractivity contribution >= 4 is 15.8 Å². The SMILES string of the molecule is NC(=NCc1ccc(OC(F)(F)F)cc1)NCCCS(=O)(=O)c1ccccc1. The van der Waals surface area contributed by atoms with Crippen molar-refractivity contribution in [1.29, 1.82) is 0 Å². The Morgan fingerprint density at radius 2 is 1.71 bits per heavy atom. The molecule has 0 unspecified atom stereocenters. The van der Waals surface area contributed by atoms with Crippen molar-refractivity contribution in [2.45, 2.75) is 24.2 Å². The summed E-state index contributed by atoms with van der Waals surface area (Å²) in [6.07, 6.45) is -4.39. The van der Waals surface area contributed by atoms with E-state index in [0.29, 0.717) is 18.5 Å². The Kier molecular flexibility index (Phi) is 7.27. The van der Waals surface area contributed by atoms with Crippen LogP contribution >= 0.6 is 0 Å². The first-order chi connectivity index (χ1) is 13.2. The lowest BCUT2D eigenvalue weighted by atomic mass is 10.2. The molecular formula is C18H20F3N3O3S. The number of ether oxygens (including phenoxy) is 1.